The Bertz CT molecular complexity index is 963. The lowest BCUT2D eigenvalue weighted by atomic mass is 10.2. The number of furan rings is 1. The molecule has 0 aliphatic carbocycles. The summed E-state index contributed by atoms with van der Waals surface area (Å²) in [5, 5.41) is 1.98. The highest BCUT2D eigenvalue weighted by Crippen LogP contribution is 2.16. The first-order valence-corrected chi connectivity index (χ1v) is 10.8. The van der Waals surface area contributed by atoms with Crippen LogP contribution in [-0.4, -0.2) is 25.8 Å². The predicted octanol–water partition coefficient (Wildman–Crippen LogP) is 3.48. The highest BCUT2D eigenvalue weighted by Gasteiger charge is 2.18. The van der Waals surface area contributed by atoms with Crippen LogP contribution < -0.4 is 4.72 Å². The fraction of sp³-hybridized carbons (Fsp3) is 0.211. The van der Waals surface area contributed by atoms with Crippen LogP contribution in [0.4, 0.5) is 0 Å². The molecule has 27 heavy (non-hydrogen) atoms. The molecule has 0 saturated carbocycles. The van der Waals surface area contributed by atoms with Gasteiger partial charge in [-0.1, -0.05) is 6.07 Å². The van der Waals surface area contributed by atoms with Gasteiger partial charge in [0, 0.05) is 17.0 Å². The van der Waals surface area contributed by atoms with E-state index in [0.717, 1.165) is 4.88 Å². The molecule has 0 aliphatic heterocycles. The molecule has 6 nitrogen and oxygen atoms in total. The monoisotopic (exact) mass is 404 g/mol. The molecule has 1 amide bonds. The zero-order chi connectivity index (χ0) is 19.3. The number of amides is 1. The van der Waals surface area contributed by atoms with Crippen LogP contribution in [0.2, 0.25) is 0 Å². The Kier molecular flexibility index (Phi) is 6.10. The van der Waals surface area contributed by atoms with Gasteiger partial charge < -0.3 is 9.32 Å². The third kappa shape index (κ3) is 4.85. The van der Waals surface area contributed by atoms with Gasteiger partial charge in [0.15, 0.2) is 0 Å². The van der Waals surface area contributed by atoms with E-state index in [2.05, 4.69) is 4.72 Å². The van der Waals surface area contributed by atoms with Crippen molar-refractivity contribution in [2.45, 2.75) is 24.9 Å². The molecular formula is C19H20N2O4S2. The summed E-state index contributed by atoms with van der Waals surface area (Å²) in [7, 11) is -3.68. The Hall–Kier alpha value is -2.42. The summed E-state index contributed by atoms with van der Waals surface area (Å²) >= 11 is 1.60. The Morgan fingerprint density at radius 1 is 1.15 bits per heavy atom. The van der Waals surface area contributed by atoms with Crippen LogP contribution in [0.15, 0.2) is 69.5 Å². The summed E-state index contributed by atoms with van der Waals surface area (Å²) in [4.78, 5) is 15.6. The summed E-state index contributed by atoms with van der Waals surface area (Å²) in [5.41, 5.74) is 0.457. The Balaban J connectivity index is 1.68. The summed E-state index contributed by atoms with van der Waals surface area (Å²) in [5.74, 6) is 0.399. The van der Waals surface area contributed by atoms with Crippen molar-refractivity contribution in [2.75, 3.05) is 6.54 Å². The van der Waals surface area contributed by atoms with Gasteiger partial charge >= 0.3 is 0 Å². The Labute approximate surface area is 162 Å². The van der Waals surface area contributed by atoms with Crippen LogP contribution in [0.25, 0.3) is 0 Å². The van der Waals surface area contributed by atoms with Gasteiger partial charge in [-0.05, 0) is 54.8 Å². The fourth-order valence-electron chi connectivity index (χ4n) is 2.54. The molecule has 1 aromatic carbocycles. The van der Waals surface area contributed by atoms with Gasteiger partial charge in [-0.3, -0.25) is 4.79 Å². The third-order valence-electron chi connectivity index (χ3n) is 4.02. The van der Waals surface area contributed by atoms with Gasteiger partial charge in [0.25, 0.3) is 5.91 Å². The second-order valence-corrected chi connectivity index (χ2v) is 8.63. The maximum atomic E-state index is 12.7. The van der Waals surface area contributed by atoms with Gasteiger partial charge in [0.2, 0.25) is 10.0 Å². The number of hydrogen-bond acceptors (Lipinski definition) is 5. The minimum Gasteiger partial charge on any atom is -0.468 e. The molecule has 3 rings (SSSR count). The maximum absolute atomic E-state index is 12.7. The lowest BCUT2D eigenvalue weighted by molar-refractivity contribution is 0.0754. The highest BCUT2D eigenvalue weighted by atomic mass is 32.2. The van der Waals surface area contributed by atoms with Crippen molar-refractivity contribution in [3.8, 4) is 0 Å². The van der Waals surface area contributed by atoms with E-state index in [9.17, 15) is 13.2 Å². The SMILES string of the molecule is CCN(Cc1cccs1)C(=O)c1ccc(S(=O)(=O)NCc2ccco2)cc1. The number of thiophene rings is 1. The smallest absolute Gasteiger partial charge is 0.254 e. The molecule has 0 spiro atoms. The third-order valence-corrected chi connectivity index (χ3v) is 6.30. The minimum atomic E-state index is -3.68. The standard InChI is InChI=1S/C19H20N2O4S2/c1-2-21(14-17-6-4-12-26-17)19(22)15-7-9-18(10-8-15)27(23,24)20-13-16-5-3-11-25-16/h3-12,20H,2,13-14H2,1H3. The van der Waals surface area contributed by atoms with Gasteiger partial charge in [0.1, 0.15) is 5.76 Å². The van der Waals surface area contributed by atoms with Crippen molar-refractivity contribution >= 4 is 27.3 Å². The number of nitrogens with zero attached hydrogens (tertiary/aromatic N) is 1. The molecule has 0 unspecified atom stereocenters. The molecule has 3 aromatic rings. The van der Waals surface area contributed by atoms with E-state index in [4.69, 9.17) is 4.42 Å². The van der Waals surface area contributed by atoms with Crippen LogP contribution in [-0.2, 0) is 23.1 Å². The maximum Gasteiger partial charge on any atom is 0.254 e. The van der Waals surface area contributed by atoms with Crippen molar-refractivity contribution in [2.24, 2.45) is 0 Å². The quantitative estimate of drug-likeness (QED) is 0.623. The Morgan fingerprint density at radius 3 is 2.52 bits per heavy atom. The van der Waals surface area contributed by atoms with Crippen molar-refractivity contribution < 1.29 is 17.6 Å². The first kappa shape index (κ1) is 19.3. The highest BCUT2D eigenvalue weighted by molar-refractivity contribution is 7.89. The van der Waals surface area contributed by atoms with Crippen molar-refractivity contribution in [1.82, 2.24) is 9.62 Å². The number of hydrogen-bond donors (Lipinski definition) is 1. The molecule has 1 N–H and O–H groups in total. The predicted molar refractivity (Wildman–Crippen MR) is 104 cm³/mol. The summed E-state index contributed by atoms with van der Waals surface area (Å²) < 4.78 is 32.3. The molecule has 142 valence electrons. The zero-order valence-corrected chi connectivity index (χ0v) is 16.4. The van der Waals surface area contributed by atoms with Crippen LogP contribution in [0.5, 0.6) is 0 Å². The Morgan fingerprint density at radius 2 is 1.93 bits per heavy atom. The largest absolute Gasteiger partial charge is 0.468 e. The van der Waals surface area contributed by atoms with Gasteiger partial charge in [-0.15, -0.1) is 11.3 Å². The second-order valence-electron chi connectivity index (χ2n) is 5.83. The van der Waals surface area contributed by atoms with Crippen LogP contribution in [0.1, 0.15) is 27.9 Å². The molecule has 0 saturated heterocycles. The number of nitrogens with one attached hydrogen (secondary N) is 1. The topological polar surface area (TPSA) is 79.6 Å². The van der Waals surface area contributed by atoms with Crippen molar-refractivity contribution in [1.29, 1.82) is 0 Å². The van der Waals surface area contributed by atoms with Crippen molar-refractivity contribution in [3.63, 3.8) is 0 Å². The van der Waals surface area contributed by atoms with Gasteiger partial charge in [0.05, 0.1) is 24.2 Å². The molecule has 0 bridgehead atoms. The number of carbonyl (C=O) groups excluding carboxylic acids is 1. The molecule has 0 fully saturated rings. The van der Waals surface area contributed by atoms with E-state index in [0.29, 0.717) is 24.4 Å². The van der Waals surface area contributed by atoms with E-state index in [1.165, 1.54) is 18.4 Å². The van der Waals surface area contributed by atoms with Gasteiger partial charge in [-0.2, -0.15) is 0 Å². The van der Waals surface area contributed by atoms with E-state index in [1.54, 1.807) is 40.5 Å². The minimum absolute atomic E-state index is 0.0699. The normalized spacial score (nSPS) is 11.4. The zero-order valence-electron chi connectivity index (χ0n) is 14.8. The fourth-order valence-corrected chi connectivity index (χ4v) is 4.25. The number of rotatable bonds is 8. The first-order chi connectivity index (χ1) is 13.0. The first-order valence-electron chi connectivity index (χ1n) is 8.43. The lowest BCUT2D eigenvalue weighted by Gasteiger charge is -2.20. The van der Waals surface area contributed by atoms with E-state index < -0.39 is 10.0 Å². The molecule has 2 aromatic heterocycles. The van der Waals surface area contributed by atoms with Crippen LogP contribution in [0, 0.1) is 0 Å². The average molecular weight is 405 g/mol. The molecule has 0 radical (unpaired) electrons. The average Bonchev–Trinajstić information content (AvgIpc) is 3.38. The molecule has 0 atom stereocenters. The molecule has 2 heterocycles. The number of carbonyl (C=O) groups is 1. The summed E-state index contributed by atoms with van der Waals surface area (Å²) in [6, 6.07) is 13.3. The molecular weight excluding hydrogens is 384 g/mol. The molecule has 0 aliphatic rings. The lowest BCUT2D eigenvalue weighted by Crippen LogP contribution is -2.30. The van der Waals surface area contributed by atoms with E-state index in [1.807, 2.05) is 24.4 Å². The van der Waals surface area contributed by atoms with Crippen LogP contribution in [0.3, 0.4) is 0 Å². The van der Waals surface area contributed by atoms with Crippen molar-refractivity contribution in [3.05, 3.63) is 76.4 Å². The summed E-state index contributed by atoms with van der Waals surface area (Å²) in [6.07, 6.45) is 1.49. The number of sulfonamides is 1. The summed E-state index contributed by atoms with van der Waals surface area (Å²) in [6.45, 7) is 3.10. The van der Waals surface area contributed by atoms with E-state index >= 15 is 0 Å². The molecule has 8 heteroatoms. The second kappa shape index (κ2) is 8.51. The number of benzene rings is 1. The van der Waals surface area contributed by atoms with Gasteiger partial charge in [-0.25, -0.2) is 13.1 Å². The van der Waals surface area contributed by atoms with Crippen LogP contribution >= 0.6 is 11.3 Å². The van der Waals surface area contributed by atoms with E-state index in [-0.39, 0.29) is 17.3 Å².